The summed E-state index contributed by atoms with van der Waals surface area (Å²) < 4.78 is 0. The molecule has 0 fully saturated rings. The zero-order valence-corrected chi connectivity index (χ0v) is 11.6. The van der Waals surface area contributed by atoms with Gasteiger partial charge in [-0.1, -0.05) is 34.6 Å². The molecule has 4 nitrogen and oxygen atoms in total. The first-order valence-corrected chi connectivity index (χ1v) is 5.98. The average Bonchev–Trinajstić information content (AvgIpc) is 2.31. The third kappa shape index (κ3) is 5.43. The second kappa shape index (κ2) is 6.99. The Balaban J connectivity index is 0.00000121. The second-order valence-corrected chi connectivity index (χ2v) is 4.65. The molecule has 0 saturated carbocycles. The van der Waals surface area contributed by atoms with Crippen molar-refractivity contribution in [2.24, 2.45) is 5.41 Å². The molecular formula is C13H23N3O. The summed E-state index contributed by atoms with van der Waals surface area (Å²) in [6.45, 7) is 12.2. The number of nitrogens with zero attached hydrogens (tertiary/aromatic N) is 2. The van der Waals surface area contributed by atoms with E-state index in [1.165, 1.54) is 12.4 Å². The van der Waals surface area contributed by atoms with Crippen LogP contribution in [0.5, 0.6) is 0 Å². The molecule has 0 spiro atoms. The van der Waals surface area contributed by atoms with Crippen LogP contribution in [-0.4, -0.2) is 21.9 Å². The standard InChI is InChI=1S/C11H17N3O.C2H6/c1-8(11(2,3)4)14-10(15)9-7-12-5-6-13-9;1-2/h5-8H,1-4H3,(H,14,15);1-2H3. The van der Waals surface area contributed by atoms with Gasteiger partial charge in [-0.3, -0.25) is 9.78 Å². The van der Waals surface area contributed by atoms with Crippen LogP contribution in [0.15, 0.2) is 18.6 Å². The molecule has 1 aromatic heterocycles. The number of amides is 1. The molecule has 17 heavy (non-hydrogen) atoms. The minimum Gasteiger partial charge on any atom is -0.348 e. The summed E-state index contributed by atoms with van der Waals surface area (Å²) >= 11 is 0. The van der Waals surface area contributed by atoms with Crippen LogP contribution in [0.1, 0.15) is 52.0 Å². The molecule has 1 N–H and O–H groups in total. The van der Waals surface area contributed by atoms with Gasteiger partial charge in [-0.15, -0.1) is 0 Å². The molecule has 0 radical (unpaired) electrons. The number of hydrogen-bond donors (Lipinski definition) is 1. The maximum absolute atomic E-state index is 11.7. The topological polar surface area (TPSA) is 54.9 Å². The van der Waals surface area contributed by atoms with E-state index in [0.29, 0.717) is 5.69 Å². The minimum atomic E-state index is -0.175. The van der Waals surface area contributed by atoms with Crippen molar-refractivity contribution in [2.75, 3.05) is 0 Å². The highest BCUT2D eigenvalue weighted by Crippen LogP contribution is 2.18. The van der Waals surface area contributed by atoms with E-state index in [-0.39, 0.29) is 17.4 Å². The first-order chi connectivity index (χ1) is 7.91. The molecule has 1 unspecified atom stereocenters. The van der Waals surface area contributed by atoms with Gasteiger partial charge in [0, 0.05) is 18.4 Å². The minimum absolute atomic E-state index is 0.0396. The molecule has 4 heteroatoms. The number of hydrogen-bond acceptors (Lipinski definition) is 3. The van der Waals surface area contributed by atoms with Crippen LogP contribution in [0, 0.1) is 5.41 Å². The molecule has 1 rings (SSSR count). The highest BCUT2D eigenvalue weighted by atomic mass is 16.1. The molecule has 1 atom stereocenters. The lowest BCUT2D eigenvalue weighted by Gasteiger charge is -2.27. The van der Waals surface area contributed by atoms with Gasteiger partial charge in [0.1, 0.15) is 5.69 Å². The maximum Gasteiger partial charge on any atom is 0.271 e. The smallest absolute Gasteiger partial charge is 0.271 e. The fourth-order valence-corrected chi connectivity index (χ4v) is 0.903. The van der Waals surface area contributed by atoms with E-state index < -0.39 is 0 Å². The molecule has 1 aromatic rings. The lowest BCUT2D eigenvalue weighted by molar-refractivity contribution is 0.0904. The first-order valence-electron chi connectivity index (χ1n) is 5.98. The number of carbonyl (C=O) groups excluding carboxylic acids is 1. The number of carbonyl (C=O) groups is 1. The normalized spacial score (nSPS) is 12.1. The fourth-order valence-electron chi connectivity index (χ4n) is 0.903. The number of rotatable bonds is 2. The van der Waals surface area contributed by atoms with Gasteiger partial charge in [0.05, 0.1) is 6.20 Å². The van der Waals surface area contributed by atoms with Crippen LogP contribution in [-0.2, 0) is 0 Å². The summed E-state index contributed by atoms with van der Waals surface area (Å²) in [5, 5.41) is 2.89. The lowest BCUT2D eigenvalue weighted by Crippen LogP contribution is -2.41. The van der Waals surface area contributed by atoms with Crippen molar-refractivity contribution in [3.05, 3.63) is 24.3 Å². The summed E-state index contributed by atoms with van der Waals surface area (Å²) in [5.74, 6) is -0.175. The van der Waals surface area contributed by atoms with Crippen LogP contribution < -0.4 is 5.32 Å². The van der Waals surface area contributed by atoms with Crippen molar-refractivity contribution in [3.8, 4) is 0 Å². The zero-order valence-electron chi connectivity index (χ0n) is 11.6. The van der Waals surface area contributed by atoms with Crippen LogP contribution in [0.25, 0.3) is 0 Å². The molecule has 1 heterocycles. The van der Waals surface area contributed by atoms with Gasteiger partial charge in [0.25, 0.3) is 5.91 Å². The van der Waals surface area contributed by atoms with Crippen molar-refractivity contribution < 1.29 is 4.79 Å². The van der Waals surface area contributed by atoms with Gasteiger partial charge in [0.15, 0.2) is 0 Å². The summed E-state index contributed by atoms with van der Waals surface area (Å²) in [6, 6.07) is 0.0898. The van der Waals surface area contributed by atoms with Crippen LogP contribution in [0.4, 0.5) is 0 Å². The molecular weight excluding hydrogens is 214 g/mol. The van der Waals surface area contributed by atoms with Crippen molar-refractivity contribution in [3.63, 3.8) is 0 Å². The van der Waals surface area contributed by atoms with E-state index in [2.05, 4.69) is 36.1 Å². The monoisotopic (exact) mass is 237 g/mol. The fraction of sp³-hybridized carbons (Fsp3) is 0.615. The Morgan fingerprint density at radius 3 is 2.29 bits per heavy atom. The Bertz CT molecular complexity index is 330. The number of nitrogens with one attached hydrogen (secondary N) is 1. The van der Waals surface area contributed by atoms with E-state index >= 15 is 0 Å². The highest BCUT2D eigenvalue weighted by Gasteiger charge is 2.22. The summed E-state index contributed by atoms with van der Waals surface area (Å²) in [7, 11) is 0. The van der Waals surface area contributed by atoms with Crippen LogP contribution in [0.2, 0.25) is 0 Å². The molecule has 0 aliphatic rings. The molecule has 96 valence electrons. The van der Waals surface area contributed by atoms with Gasteiger partial charge in [-0.05, 0) is 12.3 Å². The van der Waals surface area contributed by atoms with Gasteiger partial charge < -0.3 is 5.32 Å². The molecule has 0 aliphatic carbocycles. The average molecular weight is 237 g/mol. The molecule has 1 amide bonds. The second-order valence-electron chi connectivity index (χ2n) is 4.65. The third-order valence-corrected chi connectivity index (χ3v) is 2.44. The van der Waals surface area contributed by atoms with E-state index in [9.17, 15) is 4.79 Å². The predicted octanol–water partition coefficient (Wildman–Crippen LogP) is 2.67. The maximum atomic E-state index is 11.7. The Kier molecular flexibility index (Phi) is 6.39. The van der Waals surface area contributed by atoms with Crippen molar-refractivity contribution in [1.29, 1.82) is 0 Å². The Morgan fingerprint density at radius 1 is 1.29 bits per heavy atom. The largest absolute Gasteiger partial charge is 0.348 e. The Morgan fingerprint density at radius 2 is 1.88 bits per heavy atom. The molecule has 0 bridgehead atoms. The molecule has 0 aromatic carbocycles. The van der Waals surface area contributed by atoms with E-state index in [4.69, 9.17) is 0 Å². The van der Waals surface area contributed by atoms with E-state index in [1.807, 2.05) is 20.8 Å². The Hall–Kier alpha value is -1.45. The Labute approximate surface area is 104 Å². The van der Waals surface area contributed by atoms with Crippen molar-refractivity contribution in [1.82, 2.24) is 15.3 Å². The van der Waals surface area contributed by atoms with Gasteiger partial charge in [-0.25, -0.2) is 4.98 Å². The third-order valence-electron chi connectivity index (χ3n) is 2.44. The van der Waals surface area contributed by atoms with Crippen molar-refractivity contribution in [2.45, 2.75) is 47.6 Å². The van der Waals surface area contributed by atoms with Gasteiger partial charge in [-0.2, -0.15) is 0 Å². The first kappa shape index (κ1) is 15.6. The SMILES string of the molecule is CC.CC(NC(=O)c1cnccn1)C(C)(C)C. The highest BCUT2D eigenvalue weighted by molar-refractivity contribution is 5.92. The summed E-state index contributed by atoms with van der Waals surface area (Å²) in [4.78, 5) is 19.5. The van der Waals surface area contributed by atoms with Gasteiger partial charge in [0.2, 0.25) is 0 Å². The van der Waals surface area contributed by atoms with Crippen LogP contribution in [0.3, 0.4) is 0 Å². The summed E-state index contributed by atoms with van der Waals surface area (Å²) in [6.07, 6.45) is 4.52. The van der Waals surface area contributed by atoms with Crippen molar-refractivity contribution >= 4 is 5.91 Å². The summed E-state index contributed by atoms with van der Waals surface area (Å²) in [5.41, 5.74) is 0.395. The number of aromatic nitrogens is 2. The zero-order chi connectivity index (χ0) is 13.5. The predicted molar refractivity (Wildman–Crippen MR) is 69.8 cm³/mol. The van der Waals surface area contributed by atoms with Crippen LogP contribution >= 0.6 is 0 Å². The lowest BCUT2D eigenvalue weighted by atomic mass is 9.88. The quantitative estimate of drug-likeness (QED) is 0.860. The van der Waals surface area contributed by atoms with E-state index in [0.717, 1.165) is 0 Å². The van der Waals surface area contributed by atoms with E-state index in [1.54, 1.807) is 6.20 Å². The molecule has 0 saturated heterocycles. The molecule has 0 aliphatic heterocycles. The van der Waals surface area contributed by atoms with Gasteiger partial charge >= 0.3 is 0 Å².